The minimum atomic E-state index is 0.0160. The number of hydrogen-bond donors (Lipinski definition) is 1. The Morgan fingerprint density at radius 1 is 1.00 bits per heavy atom. The van der Waals surface area contributed by atoms with Gasteiger partial charge in [-0.2, -0.15) is 0 Å². The van der Waals surface area contributed by atoms with Crippen molar-refractivity contribution >= 4 is 17.5 Å². The van der Waals surface area contributed by atoms with E-state index < -0.39 is 0 Å². The second-order valence-corrected chi connectivity index (χ2v) is 6.13. The van der Waals surface area contributed by atoms with Crippen molar-refractivity contribution in [1.29, 1.82) is 0 Å². The first-order chi connectivity index (χ1) is 12.2. The number of aromatic nitrogens is 2. The Morgan fingerprint density at radius 3 is 2.64 bits per heavy atom. The maximum Gasteiger partial charge on any atom is 0.220 e. The van der Waals surface area contributed by atoms with Gasteiger partial charge in [0.15, 0.2) is 0 Å². The average Bonchev–Trinajstić information content (AvgIpc) is 2.66. The topological polar surface area (TPSA) is 54.9 Å². The van der Waals surface area contributed by atoms with Crippen molar-refractivity contribution in [3.05, 3.63) is 83.3 Å². The van der Waals surface area contributed by atoms with Gasteiger partial charge in [-0.3, -0.25) is 14.8 Å². The van der Waals surface area contributed by atoms with Gasteiger partial charge in [0, 0.05) is 42.1 Å². The van der Waals surface area contributed by atoms with Crippen LogP contribution in [0.4, 0.5) is 0 Å². The van der Waals surface area contributed by atoms with Crippen molar-refractivity contribution in [2.45, 2.75) is 19.4 Å². The molecule has 0 aliphatic carbocycles. The largest absolute Gasteiger partial charge is 0.352 e. The van der Waals surface area contributed by atoms with Gasteiger partial charge < -0.3 is 5.32 Å². The summed E-state index contributed by atoms with van der Waals surface area (Å²) >= 11 is 5.96. The van der Waals surface area contributed by atoms with E-state index in [1.807, 2.05) is 48.5 Å². The molecule has 0 atom stereocenters. The fourth-order valence-corrected chi connectivity index (χ4v) is 2.72. The minimum Gasteiger partial charge on any atom is -0.352 e. The molecular formula is C20H18ClN3O. The number of amides is 1. The molecule has 0 bridgehead atoms. The molecule has 25 heavy (non-hydrogen) atoms. The molecule has 3 aromatic rings. The summed E-state index contributed by atoms with van der Waals surface area (Å²) in [5, 5.41) is 3.64. The molecule has 2 heterocycles. The highest BCUT2D eigenvalue weighted by atomic mass is 35.5. The summed E-state index contributed by atoms with van der Waals surface area (Å²) in [5.41, 5.74) is 3.95. The van der Waals surface area contributed by atoms with Gasteiger partial charge in [-0.15, -0.1) is 0 Å². The van der Waals surface area contributed by atoms with Gasteiger partial charge in [-0.05, 0) is 53.9 Å². The van der Waals surface area contributed by atoms with Crippen LogP contribution in [-0.4, -0.2) is 15.9 Å². The van der Waals surface area contributed by atoms with Crippen LogP contribution in [0.1, 0.15) is 17.5 Å². The molecule has 0 aliphatic heterocycles. The fourth-order valence-electron chi connectivity index (χ4n) is 2.50. The van der Waals surface area contributed by atoms with Gasteiger partial charge in [-0.25, -0.2) is 0 Å². The van der Waals surface area contributed by atoms with Crippen molar-refractivity contribution in [1.82, 2.24) is 15.3 Å². The van der Waals surface area contributed by atoms with E-state index in [-0.39, 0.29) is 5.91 Å². The van der Waals surface area contributed by atoms with Crippen LogP contribution in [0.5, 0.6) is 0 Å². The van der Waals surface area contributed by atoms with Gasteiger partial charge in [0.2, 0.25) is 5.91 Å². The number of nitrogens with zero attached hydrogens (tertiary/aromatic N) is 2. The summed E-state index contributed by atoms with van der Waals surface area (Å²) in [6, 6.07) is 15.3. The van der Waals surface area contributed by atoms with E-state index in [0.717, 1.165) is 22.4 Å². The minimum absolute atomic E-state index is 0.0160. The predicted molar refractivity (Wildman–Crippen MR) is 99.1 cm³/mol. The quantitative estimate of drug-likeness (QED) is 0.729. The maximum atomic E-state index is 12.1. The molecule has 1 aromatic carbocycles. The van der Waals surface area contributed by atoms with Crippen LogP contribution in [-0.2, 0) is 17.8 Å². The summed E-state index contributed by atoms with van der Waals surface area (Å²) in [6.45, 7) is 0.481. The lowest BCUT2D eigenvalue weighted by atomic mass is 10.1. The van der Waals surface area contributed by atoms with Crippen molar-refractivity contribution in [3.63, 3.8) is 0 Å². The average molecular weight is 352 g/mol. The zero-order valence-corrected chi connectivity index (χ0v) is 14.4. The van der Waals surface area contributed by atoms with E-state index in [1.165, 1.54) is 0 Å². The highest BCUT2D eigenvalue weighted by molar-refractivity contribution is 6.30. The highest BCUT2D eigenvalue weighted by Gasteiger charge is 2.05. The van der Waals surface area contributed by atoms with Crippen molar-refractivity contribution in [3.8, 4) is 11.3 Å². The lowest BCUT2D eigenvalue weighted by Gasteiger charge is -2.07. The number of pyridine rings is 2. The summed E-state index contributed by atoms with van der Waals surface area (Å²) < 4.78 is 0. The monoisotopic (exact) mass is 351 g/mol. The zero-order chi connectivity index (χ0) is 17.5. The van der Waals surface area contributed by atoms with E-state index in [1.54, 1.807) is 18.6 Å². The number of hydrogen-bond acceptors (Lipinski definition) is 3. The van der Waals surface area contributed by atoms with E-state index in [9.17, 15) is 4.79 Å². The number of rotatable bonds is 6. The first-order valence-electron chi connectivity index (χ1n) is 8.07. The van der Waals surface area contributed by atoms with E-state index in [4.69, 9.17) is 11.6 Å². The van der Waals surface area contributed by atoms with Gasteiger partial charge >= 0.3 is 0 Å². The van der Waals surface area contributed by atoms with E-state index in [2.05, 4.69) is 15.3 Å². The molecule has 4 nitrogen and oxygen atoms in total. The van der Waals surface area contributed by atoms with Crippen LogP contribution < -0.4 is 5.32 Å². The Morgan fingerprint density at radius 2 is 1.84 bits per heavy atom. The number of halogens is 1. The first kappa shape index (κ1) is 17.1. The Balaban J connectivity index is 1.54. The lowest BCUT2D eigenvalue weighted by molar-refractivity contribution is -0.121. The van der Waals surface area contributed by atoms with Crippen LogP contribution in [0, 0.1) is 0 Å². The van der Waals surface area contributed by atoms with Gasteiger partial charge in [0.1, 0.15) is 0 Å². The van der Waals surface area contributed by atoms with Crippen LogP contribution in [0.25, 0.3) is 11.3 Å². The predicted octanol–water partition coefficient (Wildman–Crippen LogP) is 4.05. The normalized spacial score (nSPS) is 10.4. The van der Waals surface area contributed by atoms with Crippen molar-refractivity contribution < 1.29 is 4.79 Å². The third kappa shape index (κ3) is 5.13. The summed E-state index contributed by atoms with van der Waals surface area (Å²) in [7, 11) is 0. The molecule has 2 aromatic heterocycles. The summed E-state index contributed by atoms with van der Waals surface area (Å²) in [5.74, 6) is 0.0160. The number of benzene rings is 1. The molecule has 0 spiro atoms. The van der Waals surface area contributed by atoms with Gasteiger partial charge in [-0.1, -0.05) is 23.7 Å². The third-order valence-corrected chi connectivity index (χ3v) is 4.05. The molecule has 0 aliphatic rings. The van der Waals surface area contributed by atoms with Gasteiger partial charge in [0.25, 0.3) is 0 Å². The molecule has 3 rings (SSSR count). The van der Waals surface area contributed by atoms with Crippen LogP contribution in [0.2, 0.25) is 5.02 Å². The Hall–Kier alpha value is -2.72. The second kappa shape index (κ2) is 8.40. The molecule has 0 radical (unpaired) electrons. The van der Waals surface area contributed by atoms with Crippen LogP contribution >= 0.6 is 11.6 Å². The molecule has 0 unspecified atom stereocenters. The Labute approximate surface area is 151 Å². The van der Waals surface area contributed by atoms with Crippen LogP contribution in [0.15, 0.2) is 67.1 Å². The molecule has 0 saturated heterocycles. The SMILES string of the molecule is O=C(CCc1cccc(Cl)c1)NCc1ccnc(-c2ccncc2)c1. The molecule has 1 N–H and O–H groups in total. The van der Waals surface area contributed by atoms with Crippen LogP contribution in [0.3, 0.4) is 0 Å². The zero-order valence-electron chi connectivity index (χ0n) is 13.7. The Kier molecular flexibility index (Phi) is 5.75. The molecular weight excluding hydrogens is 334 g/mol. The summed E-state index contributed by atoms with van der Waals surface area (Å²) in [4.78, 5) is 20.4. The number of aryl methyl sites for hydroxylation is 1. The third-order valence-electron chi connectivity index (χ3n) is 3.82. The molecule has 0 fully saturated rings. The second-order valence-electron chi connectivity index (χ2n) is 5.69. The molecule has 5 heteroatoms. The smallest absolute Gasteiger partial charge is 0.220 e. The first-order valence-corrected chi connectivity index (χ1v) is 8.45. The number of carbonyl (C=O) groups excluding carboxylic acids is 1. The van der Waals surface area contributed by atoms with E-state index in [0.29, 0.717) is 24.4 Å². The molecule has 1 amide bonds. The fraction of sp³-hybridized carbons (Fsp3) is 0.150. The maximum absolute atomic E-state index is 12.1. The van der Waals surface area contributed by atoms with Crippen molar-refractivity contribution in [2.75, 3.05) is 0 Å². The number of carbonyl (C=O) groups is 1. The standard InChI is InChI=1S/C20H18ClN3O/c21-18-3-1-2-15(12-18)4-5-20(25)24-14-16-6-11-23-19(13-16)17-7-9-22-10-8-17/h1-3,6-13H,4-5,14H2,(H,24,25). The van der Waals surface area contributed by atoms with Gasteiger partial charge in [0.05, 0.1) is 5.69 Å². The van der Waals surface area contributed by atoms with Crippen molar-refractivity contribution in [2.24, 2.45) is 0 Å². The Bertz CT molecular complexity index is 852. The number of nitrogens with one attached hydrogen (secondary N) is 1. The van der Waals surface area contributed by atoms with E-state index >= 15 is 0 Å². The molecule has 0 saturated carbocycles. The summed E-state index contributed by atoms with van der Waals surface area (Å²) in [6.07, 6.45) is 6.33. The highest BCUT2D eigenvalue weighted by Crippen LogP contribution is 2.16. The lowest BCUT2D eigenvalue weighted by Crippen LogP contribution is -2.23. The molecule has 126 valence electrons.